The maximum Gasteiger partial charge on any atom is 0.258 e. The zero-order valence-electron chi connectivity index (χ0n) is 9.48. The number of ether oxygens (including phenoxy) is 1. The van der Waals surface area contributed by atoms with E-state index < -0.39 is 22.5 Å². The van der Waals surface area contributed by atoms with Gasteiger partial charge in [-0.3, -0.25) is 0 Å². The summed E-state index contributed by atoms with van der Waals surface area (Å²) in [5.41, 5.74) is 0. The first-order valence-electron chi connectivity index (χ1n) is 4.51. The second kappa shape index (κ2) is 4.83. The minimum atomic E-state index is -4.00. The molecule has 1 aromatic rings. The van der Waals surface area contributed by atoms with Crippen molar-refractivity contribution in [2.75, 3.05) is 20.7 Å². The van der Waals surface area contributed by atoms with Gasteiger partial charge in [0, 0.05) is 19.4 Å². The number of rotatable bonds is 5. The maximum atomic E-state index is 12.8. The number of halogens is 2. The molecule has 0 aromatic carbocycles. The highest BCUT2D eigenvalue weighted by atomic mass is 32.2. The summed E-state index contributed by atoms with van der Waals surface area (Å²) in [4.78, 5) is -0.197. The van der Waals surface area contributed by atoms with Crippen LogP contribution in [0, 0.1) is 0 Å². The minimum absolute atomic E-state index is 0.0822. The lowest BCUT2D eigenvalue weighted by Gasteiger charge is -2.20. The quantitative estimate of drug-likeness (QED) is 0.821. The van der Waals surface area contributed by atoms with Gasteiger partial charge in [0.2, 0.25) is 15.9 Å². The van der Waals surface area contributed by atoms with E-state index in [-0.39, 0.29) is 10.8 Å². The summed E-state index contributed by atoms with van der Waals surface area (Å²) in [7, 11) is -1.64. The van der Waals surface area contributed by atoms with Gasteiger partial charge in [0.15, 0.2) is 4.90 Å². The van der Waals surface area contributed by atoms with Crippen molar-refractivity contribution in [3.8, 4) is 5.88 Å². The molecule has 0 unspecified atom stereocenters. The van der Waals surface area contributed by atoms with Crippen LogP contribution in [0.15, 0.2) is 10.3 Å². The van der Waals surface area contributed by atoms with Gasteiger partial charge in [-0.2, -0.15) is 8.68 Å². The SMILES string of the molecule is COc1nscc1S(=O)(=O)N(C)CC(C)(F)F. The number of hydrogen-bond donors (Lipinski definition) is 0. The molecule has 1 heterocycles. The predicted molar refractivity (Wildman–Crippen MR) is 59.1 cm³/mol. The lowest BCUT2D eigenvalue weighted by Crippen LogP contribution is -2.36. The molecule has 0 atom stereocenters. The van der Waals surface area contributed by atoms with Crippen molar-refractivity contribution in [3.05, 3.63) is 5.38 Å². The van der Waals surface area contributed by atoms with Gasteiger partial charge >= 0.3 is 0 Å². The van der Waals surface area contributed by atoms with E-state index in [0.29, 0.717) is 11.2 Å². The fraction of sp³-hybridized carbons (Fsp3) is 0.625. The Bertz CT molecular complexity index is 481. The zero-order chi connectivity index (χ0) is 13.3. The molecule has 0 amide bonds. The molecule has 0 fully saturated rings. The summed E-state index contributed by atoms with van der Waals surface area (Å²) >= 11 is 0.885. The van der Waals surface area contributed by atoms with E-state index in [0.717, 1.165) is 18.6 Å². The van der Waals surface area contributed by atoms with Crippen LogP contribution in [-0.2, 0) is 10.0 Å². The van der Waals surface area contributed by atoms with Gasteiger partial charge in [-0.1, -0.05) is 0 Å². The molecule has 1 rings (SSSR count). The molecule has 17 heavy (non-hydrogen) atoms. The molecule has 0 bridgehead atoms. The molecule has 9 heteroatoms. The molecule has 5 nitrogen and oxygen atoms in total. The summed E-state index contributed by atoms with van der Waals surface area (Å²) in [6.45, 7) is -0.240. The molecule has 0 aliphatic heterocycles. The van der Waals surface area contributed by atoms with Crippen molar-refractivity contribution in [2.24, 2.45) is 0 Å². The van der Waals surface area contributed by atoms with Crippen molar-refractivity contribution in [2.45, 2.75) is 17.7 Å². The van der Waals surface area contributed by atoms with E-state index in [4.69, 9.17) is 4.74 Å². The number of methoxy groups -OCH3 is 1. The van der Waals surface area contributed by atoms with Gasteiger partial charge in [0.25, 0.3) is 5.92 Å². The molecule has 0 radical (unpaired) electrons. The third kappa shape index (κ3) is 3.33. The molecule has 0 saturated carbocycles. The normalized spacial score (nSPS) is 13.1. The van der Waals surface area contributed by atoms with Crippen LogP contribution < -0.4 is 4.74 Å². The van der Waals surface area contributed by atoms with Crippen LogP contribution in [0.3, 0.4) is 0 Å². The first-order valence-corrected chi connectivity index (χ1v) is 6.78. The second-order valence-corrected chi connectivity index (χ2v) is 6.16. The maximum absolute atomic E-state index is 12.8. The standard InChI is InChI=1S/C8H12F2N2O3S2/c1-8(9,10)5-12(2)17(13,14)6-4-16-11-7(6)15-3/h4H,5H2,1-3H3. The first-order chi connectivity index (χ1) is 7.68. The van der Waals surface area contributed by atoms with Gasteiger partial charge in [-0.15, -0.1) is 0 Å². The number of nitrogens with zero attached hydrogens (tertiary/aromatic N) is 2. The van der Waals surface area contributed by atoms with Gasteiger partial charge in [-0.25, -0.2) is 17.2 Å². The first kappa shape index (κ1) is 14.3. The van der Waals surface area contributed by atoms with Crippen LogP contribution in [0.5, 0.6) is 5.88 Å². The average Bonchev–Trinajstić information content (AvgIpc) is 2.62. The summed E-state index contributed by atoms with van der Waals surface area (Å²) in [5.74, 6) is -3.18. The molecule has 0 N–H and O–H groups in total. The number of sulfonamides is 1. The number of hydrogen-bond acceptors (Lipinski definition) is 5. The monoisotopic (exact) mass is 286 g/mol. The summed E-state index contributed by atoms with van der Waals surface area (Å²) in [5, 5.41) is 1.25. The fourth-order valence-corrected chi connectivity index (χ4v) is 3.44. The average molecular weight is 286 g/mol. The molecule has 0 spiro atoms. The molecule has 0 aliphatic carbocycles. The van der Waals surface area contributed by atoms with Crippen molar-refractivity contribution >= 4 is 21.6 Å². The van der Waals surface area contributed by atoms with Gasteiger partial charge in [-0.05, 0) is 11.5 Å². The van der Waals surface area contributed by atoms with Crippen molar-refractivity contribution < 1.29 is 21.9 Å². The molecule has 1 aromatic heterocycles. The Balaban J connectivity index is 3.04. The highest BCUT2D eigenvalue weighted by Gasteiger charge is 2.33. The molecule has 0 aliphatic rings. The Kier molecular flexibility index (Phi) is 4.05. The van der Waals surface area contributed by atoms with Gasteiger partial charge in [0.05, 0.1) is 13.7 Å². The Morgan fingerprint density at radius 3 is 2.65 bits per heavy atom. The van der Waals surface area contributed by atoms with E-state index >= 15 is 0 Å². The van der Waals surface area contributed by atoms with Crippen LogP contribution in [0.1, 0.15) is 6.92 Å². The van der Waals surface area contributed by atoms with Crippen LogP contribution in [-0.4, -0.2) is 43.7 Å². The second-order valence-electron chi connectivity index (χ2n) is 3.52. The van der Waals surface area contributed by atoms with Crippen molar-refractivity contribution in [1.82, 2.24) is 8.68 Å². The zero-order valence-corrected chi connectivity index (χ0v) is 11.1. The highest BCUT2D eigenvalue weighted by Crippen LogP contribution is 2.27. The highest BCUT2D eigenvalue weighted by molar-refractivity contribution is 7.89. The Morgan fingerprint density at radius 1 is 1.59 bits per heavy atom. The fourth-order valence-electron chi connectivity index (χ4n) is 1.17. The largest absolute Gasteiger partial charge is 0.479 e. The summed E-state index contributed by atoms with van der Waals surface area (Å²) < 4.78 is 58.5. The van der Waals surface area contributed by atoms with E-state index in [9.17, 15) is 17.2 Å². The van der Waals surface area contributed by atoms with Gasteiger partial charge in [0.1, 0.15) is 0 Å². The Labute approximate surface area is 102 Å². The topological polar surface area (TPSA) is 59.5 Å². The van der Waals surface area contributed by atoms with Crippen molar-refractivity contribution in [1.29, 1.82) is 0 Å². The van der Waals surface area contributed by atoms with Crippen LogP contribution in [0.4, 0.5) is 8.78 Å². The smallest absolute Gasteiger partial charge is 0.258 e. The van der Waals surface area contributed by atoms with E-state index in [1.807, 2.05) is 0 Å². The molecular formula is C8H12F2N2O3S2. The van der Waals surface area contributed by atoms with E-state index in [1.165, 1.54) is 12.5 Å². The third-order valence-corrected chi connectivity index (χ3v) is 4.45. The lowest BCUT2D eigenvalue weighted by molar-refractivity contribution is 0.00823. The molecular weight excluding hydrogens is 274 g/mol. The van der Waals surface area contributed by atoms with Crippen LogP contribution in [0.25, 0.3) is 0 Å². The molecule has 98 valence electrons. The Morgan fingerprint density at radius 2 is 2.18 bits per heavy atom. The van der Waals surface area contributed by atoms with E-state index in [1.54, 1.807) is 0 Å². The molecule has 0 saturated heterocycles. The number of aromatic nitrogens is 1. The summed E-state index contributed by atoms with van der Waals surface area (Å²) in [6.07, 6.45) is 0. The minimum Gasteiger partial charge on any atom is -0.479 e. The Hall–Kier alpha value is -0.800. The number of alkyl halides is 2. The lowest BCUT2D eigenvalue weighted by atomic mass is 10.4. The summed E-state index contributed by atoms with van der Waals surface area (Å²) in [6, 6.07) is 0. The third-order valence-electron chi connectivity index (χ3n) is 1.89. The van der Waals surface area contributed by atoms with Gasteiger partial charge < -0.3 is 4.74 Å². The van der Waals surface area contributed by atoms with Crippen molar-refractivity contribution in [3.63, 3.8) is 0 Å². The van der Waals surface area contributed by atoms with E-state index in [2.05, 4.69) is 4.37 Å². The van der Waals surface area contributed by atoms with Crippen LogP contribution >= 0.6 is 11.5 Å². The predicted octanol–water partition coefficient (Wildman–Crippen LogP) is 1.43. The van der Waals surface area contributed by atoms with Crippen LogP contribution in [0.2, 0.25) is 0 Å².